The van der Waals surface area contributed by atoms with Gasteiger partial charge in [-0.1, -0.05) is 0 Å². The minimum absolute atomic E-state index is 0.245. The van der Waals surface area contributed by atoms with Crippen molar-refractivity contribution in [2.75, 3.05) is 14.2 Å². The first-order valence-electron chi connectivity index (χ1n) is 6.02. The van der Waals surface area contributed by atoms with E-state index in [-0.39, 0.29) is 6.42 Å². The van der Waals surface area contributed by atoms with Crippen molar-refractivity contribution in [3.05, 3.63) is 18.0 Å². The van der Waals surface area contributed by atoms with Crippen LogP contribution < -0.4 is 5.32 Å². The second-order valence-corrected chi connectivity index (χ2v) is 4.83. The largest absolute Gasteiger partial charge is 0.468 e. The highest BCUT2D eigenvalue weighted by atomic mass is 19.4. The number of esters is 1. The summed E-state index contributed by atoms with van der Waals surface area (Å²) in [5.41, 5.74) is -1.80. The third-order valence-electron chi connectivity index (χ3n) is 3.27. The number of carbonyl (C=O) groups is 1. The van der Waals surface area contributed by atoms with E-state index in [2.05, 4.69) is 10.4 Å². The second kappa shape index (κ2) is 5.82. The summed E-state index contributed by atoms with van der Waals surface area (Å²) in [6, 6.07) is -0.400. The Morgan fingerprint density at radius 3 is 2.55 bits per heavy atom. The Labute approximate surface area is 115 Å². The summed E-state index contributed by atoms with van der Waals surface area (Å²) in [7, 11) is 2.85. The van der Waals surface area contributed by atoms with E-state index in [0.717, 1.165) is 12.4 Å². The van der Waals surface area contributed by atoms with E-state index in [0.29, 0.717) is 0 Å². The zero-order chi connectivity index (χ0) is 15.6. The van der Waals surface area contributed by atoms with Crippen LogP contribution in [0.15, 0.2) is 12.4 Å². The number of carbonyl (C=O) groups excluding carboxylic acids is 1. The SMILES string of the molecule is CNC(C)(CC(C)n1cc(C(F)(F)F)cn1)C(=O)OC. The maximum absolute atomic E-state index is 12.5. The number of aromatic nitrogens is 2. The first kappa shape index (κ1) is 16.5. The van der Waals surface area contributed by atoms with Crippen molar-refractivity contribution in [3.8, 4) is 0 Å². The number of nitrogens with zero attached hydrogens (tertiary/aromatic N) is 2. The molecule has 0 aliphatic rings. The van der Waals surface area contributed by atoms with E-state index in [4.69, 9.17) is 4.74 Å². The van der Waals surface area contributed by atoms with Crippen LogP contribution >= 0.6 is 0 Å². The van der Waals surface area contributed by atoms with Crippen LogP contribution in [0.25, 0.3) is 0 Å². The third-order valence-corrected chi connectivity index (χ3v) is 3.27. The molecule has 0 aliphatic heterocycles. The van der Waals surface area contributed by atoms with Gasteiger partial charge in [-0.3, -0.25) is 9.48 Å². The van der Waals surface area contributed by atoms with Gasteiger partial charge in [0.2, 0.25) is 0 Å². The molecular formula is C12H18F3N3O2. The highest BCUT2D eigenvalue weighted by Gasteiger charge is 2.36. The van der Waals surface area contributed by atoms with Crippen LogP contribution in [0.2, 0.25) is 0 Å². The van der Waals surface area contributed by atoms with Crippen LogP contribution in [-0.4, -0.2) is 35.4 Å². The number of hydrogen-bond acceptors (Lipinski definition) is 4. The van der Waals surface area contributed by atoms with Crippen LogP contribution in [0.5, 0.6) is 0 Å². The number of nitrogens with one attached hydrogen (secondary N) is 1. The molecule has 1 aromatic heterocycles. The monoisotopic (exact) mass is 293 g/mol. The van der Waals surface area contributed by atoms with Gasteiger partial charge in [-0.05, 0) is 27.3 Å². The molecule has 0 amide bonds. The molecule has 114 valence electrons. The van der Waals surface area contributed by atoms with Gasteiger partial charge >= 0.3 is 12.1 Å². The van der Waals surface area contributed by atoms with Gasteiger partial charge in [0.25, 0.3) is 0 Å². The highest BCUT2D eigenvalue weighted by molar-refractivity contribution is 5.80. The van der Waals surface area contributed by atoms with Crippen LogP contribution in [0.1, 0.15) is 31.9 Å². The Morgan fingerprint density at radius 2 is 2.15 bits per heavy atom. The molecule has 5 nitrogen and oxygen atoms in total. The molecule has 2 atom stereocenters. The van der Waals surface area contributed by atoms with Gasteiger partial charge in [0, 0.05) is 6.20 Å². The number of halogens is 3. The fraction of sp³-hybridized carbons (Fsp3) is 0.667. The van der Waals surface area contributed by atoms with Gasteiger partial charge in [0.15, 0.2) is 0 Å². The van der Waals surface area contributed by atoms with Crippen molar-refractivity contribution < 1.29 is 22.7 Å². The molecule has 0 fully saturated rings. The van der Waals surface area contributed by atoms with Gasteiger partial charge in [-0.15, -0.1) is 0 Å². The molecule has 0 spiro atoms. The van der Waals surface area contributed by atoms with Crippen LogP contribution in [0, 0.1) is 0 Å². The fourth-order valence-corrected chi connectivity index (χ4v) is 1.92. The van der Waals surface area contributed by atoms with Crippen molar-refractivity contribution in [2.45, 2.75) is 38.0 Å². The smallest absolute Gasteiger partial charge is 0.419 e. The minimum Gasteiger partial charge on any atom is -0.468 e. The number of hydrogen-bond donors (Lipinski definition) is 1. The zero-order valence-electron chi connectivity index (χ0n) is 11.8. The van der Waals surface area contributed by atoms with E-state index in [9.17, 15) is 18.0 Å². The number of rotatable bonds is 5. The van der Waals surface area contributed by atoms with Gasteiger partial charge in [0.1, 0.15) is 5.54 Å². The molecule has 0 aromatic carbocycles. The molecule has 0 radical (unpaired) electrons. The Balaban J connectivity index is 2.88. The zero-order valence-corrected chi connectivity index (χ0v) is 11.8. The molecule has 1 aromatic rings. The van der Waals surface area contributed by atoms with Gasteiger partial charge in [0.05, 0.1) is 24.9 Å². The second-order valence-electron chi connectivity index (χ2n) is 4.83. The Hall–Kier alpha value is -1.57. The minimum atomic E-state index is -4.42. The predicted octanol–water partition coefficient (Wildman–Crippen LogP) is 2.00. The third kappa shape index (κ3) is 3.50. The van der Waals surface area contributed by atoms with E-state index < -0.39 is 29.3 Å². The van der Waals surface area contributed by atoms with Crippen molar-refractivity contribution in [2.24, 2.45) is 0 Å². The molecule has 1 rings (SSSR count). The summed E-state index contributed by atoms with van der Waals surface area (Å²) >= 11 is 0. The quantitative estimate of drug-likeness (QED) is 0.844. The molecule has 0 aliphatic carbocycles. The lowest BCUT2D eigenvalue weighted by molar-refractivity contribution is -0.148. The summed E-state index contributed by atoms with van der Waals surface area (Å²) in [6.45, 7) is 3.31. The van der Waals surface area contributed by atoms with Crippen LogP contribution in [0.3, 0.4) is 0 Å². The normalized spacial score (nSPS) is 16.6. The van der Waals surface area contributed by atoms with Gasteiger partial charge in [-0.2, -0.15) is 18.3 Å². The van der Waals surface area contributed by atoms with Gasteiger partial charge in [-0.25, -0.2) is 0 Å². The first-order chi connectivity index (χ1) is 9.14. The molecule has 1 N–H and O–H groups in total. The molecule has 0 saturated carbocycles. The maximum atomic E-state index is 12.5. The summed E-state index contributed by atoms with van der Waals surface area (Å²) in [4.78, 5) is 11.7. The van der Waals surface area contributed by atoms with Crippen molar-refractivity contribution >= 4 is 5.97 Å². The predicted molar refractivity (Wildman–Crippen MR) is 66.0 cm³/mol. The summed E-state index contributed by atoms with van der Waals surface area (Å²) < 4.78 is 43.4. The van der Waals surface area contributed by atoms with E-state index >= 15 is 0 Å². The molecule has 2 unspecified atom stereocenters. The number of methoxy groups -OCH3 is 1. The lowest BCUT2D eigenvalue weighted by Crippen LogP contribution is -2.49. The Kier molecular flexibility index (Phi) is 4.80. The van der Waals surface area contributed by atoms with E-state index in [1.165, 1.54) is 11.8 Å². The summed E-state index contributed by atoms with van der Waals surface area (Å²) in [5.74, 6) is -0.477. The van der Waals surface area contributed by atoms with Crippen LogP contribution in [0.4, 0.5) is 13.2 Å². The number of alkyl halides is 3. The number of ether oxygens (including phenoxy) is 1. The fourth-order valence-electron chi connectivity index (χ4n) is 1.92. The first-order valence-corrected chi connectivity index (χ1v) is 6.02. The van der Waals surface area contributed by atoms with Crippen molar-refractivity contribution in [3.63, 3.8) is 0 Å². The van der Waals surface area contributed by atoms with Crippen molar-refractivity contribution in [1.29, 1.82) is 0 Å². The molecule has 0 bridgehead atoms. The Bertz CT molecular complexity index is 473. The lowest BCUT2D eigenvalue weighted by atomic mass is 9.94. The molecule has 1 heterocycles. The Morgan fingerprint density at radius 1 is 1.55 bits per heavy atom. The maximum Gasteiger partial charge on any atom is 0.419 e. The summed E-state index contributed by atoms with van der Waals surface area (Å²) in [6.07, 6.45) is -2.48. The highest BCUT2D eigenvalue weighted by Crippen LogP contribution is 2.30. The molecule has 0 saturated heterocycles. The molecule has 20 heavy (non-hydrogen) atoms. The van der Waals surface area contributed by atoms with E-state index in [1.54, 1.807) is 20.9 Å². The van der Waals surface area contributed by atoms with Crippen LogP contribution in [-0.2, 0) is 15.7 Å². The molecular weight excluding hydrogens is 275 g/mol. The van der Waals surface area contributed by atoms with E-state index in [1.807, 2.05) is 0 Å². The average Bonchev–Trinajstić information content (AvgIpc) is 2.87. The number of likely N-dealkylation sites (N-methyl/N-ethyl adjacent to an activating group) is 1. The lowest BCUT2D eigenvalue weighted by Gasteiger charge is -2.29. The topological polar surface area (TPSA) is 56.2 Å². The molecule has 8 heteroatoms. The van der Waals surface area contributed by atoms with Crippen molar-refractivity contribution in [1.82, 2.24) is 15.1 Å². The van der Waals surface area contributed by atoms with Gasteiger partial charge < -0.3 is 10.1 Å². The standard InChI is InChI=1S/C12H18F3N3O2/c1-8(5-11(2,16-3)10(19)20-4)18-7-9(6-17-18)12(13,14)15/h6-8,16H,5H2,1-4H3. The average molecular weight is 293 g/mol. The summed E-state index contributed by atoms with van der Waals surface area (Å²) in [5, 5.41) is 6.53.